The number of hydrogen-bond acceptors (Lipinski definition) is 4. The molecule has 5 rings (SSSR count). The van der Waals surface area contributed by atoms with Crippen molar-refractivity contribution in [3.8, 4) is 5.75 Å². The molecule has 3 heterocycles. The smallest absolute Gasteiger partial charge is 0.122 e. The number of fused-ring (bicyclic) bond motifs is 1. The first kappa shape index (κ1) is 21.0. The van der Waals surface area contributed by atoms with E-state index in [2.05, 4.69) is 45.1 Å². The molecule has 0 N–H and O–H groups in total. The Balaban J connectivity index is 1.27. The summed E-state index contributed by atoms with van der Waals surface area (Å²) in [6, 6.07) is 11.9. The lowest BCUT2D eigenvalue weighted by Gasteiger charge is -2.41. The van der Waals surface area contributed by atoms with Gasteiger partial charge in [-0.3, -0.25) is 9.88 Å². The zero-order valence-corrected chi connectivity index (χ0v) is 18.8. The quantitative estimate of drug-likeness (QED) is 0.627. The van der Waals surface area contributed by atoms with Crippen molar-refractivity contribution in [2.75, 3.05) is 26.2 Å². The van der Waals surface area contributed by atoms with E-state index >= 15 is 0 Å². The van der Waals surface area contributed by atoms with E-state index in [1.54, 1.807) is 0 Å². The van der Waals surface area contributed by atoms with Crippen LogP contribution in [0, 0.1) is 5.92 Å². The summed E-state index contributed by atoms with van der Waals surface area (Å²) >= 11 is 0. The van der Waals surface area contributed by atoms with Gasteiger partial charge in [0.2, 0.25) is 0 Å². The number of pyridine rings is 1. The number of piperidine rings is 1. The molecule has 4 nitrogen and oxygen atoms in total. The van der Waals surface area contributed by atoms with Crippen LogP contribution in [0.2, 0.25) is 0 Å². The van der Waals surface area contributed by atoms with E-state index in [1.165, 1.54) is 81.3 Å². The minimum atomic E-state index is 0.769. The van der Waals surface area contributed by atoms with E-state index in [1.807, 2.05) is 12.4 Å². The highest BCUT2D eigenvalue weighted by atomic mass is 16.5. The Morgan fingerprint density at radius 3 is 2.77 bits per heavy atom. The molecule has 1 atom stereocenters. The highest BCUT2D eigenvalue weighted by molar-refractivity contribution is 5.39. The minimum absolute atomic E-state index is 0.769. The summed E-state index contributed by atoms with van der Waals surface area (Å²) in [4.78, 5) is 9.85. The van der Waals surface area contributed by atoms with Crippen LogP contribution in [0.3, 0.4) is 0 Å². The van der Waals surface area contributed by atoms with Crippen LogP contribution >= 0.6 is 0 Å². The molecular weight excluding hydrogens is 382 g/mol. The molecular formula is C27H37N3O. The molecule has 31 heavy (non-hydrogen) atoms. The van der Waals surface area contributed by atoms with Gasteiger partial charge in [-0.05, 0) is 67.0 Å². The first-order chi connectivity index (χ1) is 15.3. The van der Waals surface area contributed by atoms with Crippen LogP contribution in [0.15, 0.2) is 42.7 Å². The van der Waals surface area contributed by atoms with Gasteiger partial charge in [-0.25, -0.2) is 0 Å². The zero-order chi connectivity index (χ0) is 20.9. The van der Waals surface area contributed by atoms with Crippen molar-refractivity contribution in [1.29, 1.82) is 0 Å². The van der Waals surface area contributed by atoms with Crippen molar-refractivity contribution >= 4 is 0 Å². The Morgan fingerprint density at radius 2 is 1.90 bits per heavy atom. The summed E-state index contributed by atoms with van der Waals surface area (Å²) < 4.78 is 5.72. The largest absolute Gasteiger partial charge is 0.493 e. The van der Waals surface area contributed by atoms with Gasteiger partial charge in [-0.15, -0.1) is 0 Å². The molecule has 0 radical (unpaired) electrons. The summed E-state index contributed by atoms with van der Waals surface area (Å²) in [5.74, 6) is 1.85. The molecule has 1 saturated heterocycles. The molecule has 1 saturated carbocycles. The summed E-state index contributed by atoms with van der Waals surface area (Å²) in [6.45, 7) is 6.58. The zero-order valence-electron chi connectivity index (χ0n) is 18.8. The van der Waals surface area contributed by atoms with Gasteiger partial charge in [-0.2, -0.15) is 0 Å². The highest BCUT2D eigenvalue weighted by Gasteiger charge is 2.28. The fraction of sp³-hybridized carbons (Fsp3) is 0.593. The molecule has 1 aromatic heterocycles. The molecule has 2 fully saturated rings. The average Bonchev–Trinajstić information content (AvgIpc) is 3.28. The van der Waals surface area contributed by atoms with Gasteiger partial charge < -0.3 is 9.64 Å². The lowest BCUT2D eigenvalue weighted by molar-refractivity contribution is 0.0771. The van der Waals surface area contributed by atoms with E-state index in [0.717, 1.165) is 43.8 Å². The van der Waals surface area contributed by atoms with Crippen molar-refractivity contribution in [2.45, 2.75) is 70.5 Å². The fourth-order valence-corrected chi connectivity index (χ4v) is 5.92. The van der Waals surface area contributed by atoms with E-state index in [9.17, 15) is 0 Å². The topological polar surface area (TPSA) is 28.6 Å². The first-order valence-corrected chi connectivity index (χ1v) is 12.4. The van der Waals surface area contributed by atoms with Crippen molar-refractivity contribution in [3.05, 3.63) is 59.4 Å². The van der Waals surface area contributed by atoms with Crippen LogP contribution < -0.4 is 4.74 Å². The van der Waals surface area contributed by atoms with E-state index in [4.69, 9.17) is 4.74 Å². The van der Waals surface area contributed by atoms with E-state index in [-0.39, 0.29) is 0 Å². The van der Waals surface area contributed by atoms with Gasteiger partial charge in [0.05, 0.1) is 6.61 Å². The van der Waals surface area contributed by atoms with Crippen molar-refractivity contribution in [1.82, 2.24) is 14.8 Å². The fourth-order valence-electron chi connectivity index (χ4n) is 5.92. The predicted molar refractivity (Wildman–Crippen MR) is 125 cm³/mol. The van der Waals surface area contributed by atoms with Crippen LogP contribution in [-0.4, -0.2) is 47.1 Å². The number of hydrogen-bond donors (Lipinski definition) is 0. The average molecular weight is 420 g/mol. The van der Waals surface area contributed by atoms with Gasteiger partial charge in [0, 0.05) is 51.0 Å². The van der Waals surface area contributed by atoms with Gasteiger partial charge in [0.15, 0.2) is 0 Å². The van der Waals surface area contributed by atoms with Gasteiger partial charge in [0.25, 0.3) is 0 Å². The second-order valence-corrected chi connectivity index (χ2v) is 9.87. The Hall–Kier alpha value is -1.91. The lowest BCUT2D eigenvalue weighted by Crippen LogP contribution is -2.46. The molecule has 166 valence electrons. The number of nitrogens with zero attached hydrogens (tertiary/aromatic N) is 3. The predicted octanol–water partition coefficient (Wildman–Crippen LogP) is 5.06. The standard InChI is InChI=1S/C27H37N3O/c1-2-8-26(9-3-1)30-14-5-7-24(21-30)20-29(19-23-6-4-13-28-17-23)18-22-10-11-27-25(16-22)12-15-31-27/h4,6,10-11,13,16-17,24,26H,1-3,5,7-9,12,14-15,18-21H2/t24-/m1/s1. The molecule has 2 aliphatic heterocycles. The third kappa shape index (κ3) is 5.48. The maximum atomic E-state index is 5.72. The lowest BCUT2D eigenvalue weighted by atomic mass is 9.90. The molecule has 3 aliphatic rings. The molecule has 0 amide bonds. The SMILES string of the molecule is c1cncc(CN(Cc2ccc3c(c2)CCO3)C[C@H]2CCCN(C3CCCCC3)C2)c1. The number of benzene rings is 1. The molecule has 4 heteroatoms. The second kappa shape index (κ2) is 10.1. The normalized spacial score (nSPS) is 22.4. The third-order valence-electron chi connectivity index (χ3n) is 7.45. The number of likely N-dealkylation sites (tertiary alicyclic amines) is 1. The monoisotopic (exact) mass is 419 g/mol. The van der Waals surface area contributed by atoms with E-state index < -0.39 is 0 Å². The first-order valence-electron chi connectivity index (χ1n) is 12.4. The number of ether oxygens (including phenoxy) is 1. The Labute approximate surface area is 187 Å². The van der Waals surface area contributed by atoms with Gasteiger partial charge >= 0.3 is 0 Å². The van der Waals surface area contributed by atoms with Crippen LogP contribution in [0.1, 0.15) is 61.6 Å². The number of aromatic nitrogens is 1. The Bertz CT molecular complexity index is 834. The second-order valence-electron chi connectivity index (χ2n) is 9.87. The minimum Gasteiger partial charge on any atom is -0.493 e. The third-order valence-corrected chi connectivity index (χ3v) is 7.45. The van der Waals surface area contributed by atoms with Crippen LogP contribution in [0.25, 0.3) is 0 Å². The Morgan fingerprint density at radius 1 is 1.00 bits per heavy atom. The molecule has 0 unspecified atom stereocenters. The summed E-state index contributed by atoms with van der Waals surface area (Å²) in [5, 5.41) is 0. The molecule has 1 aromatic carbocycles. The van der Waals surface area contributed by atoms with Crippen LogP contribution in [-0.2, 0) is 19.5 Å². The maximum absolute atomic E-state index is 5.72. The van der Waals surface area contributed by atoms with Crippen LogP contribution in [0.5, 0.6) is 5.75 Å². The van der Waals surface area contributed by atoms with Crippen molar-refractivity contribution < 1.29 is 4.74 Å². The summed E-state index contributed by atoms with van der Waals surface area (Å²) in [7, 11) is 0. The summed E-state index contributed by atoms with van der Waals surface area (Å²) in [5.41, 5.74) is 4.10. The van der Waals surface area contributed by atoms with Gasteiger partial charge in [-0.1, -0.05) is 37.5 Å². The van der Waals surface area contributed by atoms with Crippen molar-refractivity contribution in [2.24, 2.45) is 5.92 Å². The molecule has 0 bridgehead atoms. The molecule has 1 aliphatic carbocycles. The summed E-state index contributed by atoms with van der Waals surface area (Å²) in [6.07, 6.45) is 14.8. The number of rotatable bonds is 7. The van der Waals surface area contributed by atoms with Gasteiger partial charge in [0.1, 0.15) is 5.75 Å². The highest BCUT2D eigenvalue weighted by Crippen LogP contribution is 2.29. The van der Waals surface area contributed by atoms with Crippen LogP contribution in [0.4, 0.5) is 0 Å². The Kier molecular flexibility index (Phi) is 6.86. The van der Waals surface area contributed by atoms with Crippen molar-refractivity contribution in [3.63, 3.8) is 0 Å². The molecule has 2 aromatic rings. The van der Waals surface area contributed by atoms with E-state index in [0.29, 0.717) is 0 Å². The maximum Gasteiger partial charge on any atom is 0.122 e. The molecule has 0 spiro atoms.